The molecule has 0 bridgehead atoms. The molecule has 0 atom stereocenters. The number of alkyl halides is 1. The zero-order valence-corrected chi connectivity index (χ0v) is 6.70. The largest absolute Gasteiger partial charge is 0.320 e. The fraction of sp³-hybridized carbons (Fsp3) is 0.714. The first-order chi connectivity index (χ1) is 5.76. The smallest absolute Gasteiger partial charge is 0.109 e. The molecular formula is C7H11FN4. The summed E-state index contributed by atoms with van der Waals surface area (Å²) in [4.78, 5) is 0. The van der Waals surface area contributed by atoms with Crippen LogP contribution >= 0.6 is 0 Å². The summed E-state index contributed by atoms with van der Waals surface area (Å²) in [5, 5.41) is 7.47. The Bertz CT molecular complexity index is 279. The summed E-state index contributed by atoms with van der Waals surface area (Å²) >= 11 is 0. The quantitative estimate of drug-likeness (QED) is 0.704. The van der Waals surface area contributed by atoms with Crippen molar-refractivity contribution in [3.05, 3.63) is 11.9 Å². The molecule has 2 rings (SSSR count). The van der Waals surface area contributed by atoms with Gasteiger partial charge in [0.15, 0.2) is 0 Å². The fourth-order valence-corrected chi connectivity index (χ4v) is 1.28. The van der Waals surface area contributed by atoms with Gasteiger partial charge in [-0.25, -0.2) is 9.07 Å². The van der Waals surface area contributed by atoms with Gasteiger partial charge in [-0.05, 0) is 12.8 Å². The van der Waals surface area contributed by atoms with Crippen molar-refractivity contribution in [2.45, 2.75) is 24.9 Å². The van der Waals surface area contributed by atoms with E-state index in [1.807, 2.05) is 0 Å². The molecule has 4 nitrogen and oxygen atoms in total. The molecule has 2 N–H and O–H groups in total. The number of hydrogen-bond donors (Lipinski definition) is 1. The minimum absolute atomic E-state index is 0.258. The van der Waals surface area contributed by atoms with Gasteiger partial charge in [-0.2, -0.15) is 0 Å². The Morgan fingerprint density at radius 1 is 1.67 bits per heavy atom. The number of rotatable bonds is 3. The lowest BCUT2D eigenvalue weighted by Gasteiger charge is -2.08. The number of nitrogens with two attached hydrogens (primary N) is 1. The van der Waals surface area contributed by atoms with Crippen molar-refractivity contribution in [1.82, 2.24) is 15.0 Å². The molecule has 1 aromatic rings. The van der Waals surface area contributed by atoms with E-state index >= 15 is 0 Å². The molecule has 66 valence electrons. The number of aryl methyl sites for hydroxylation is 1. The van der Waals surface area contributed by atoms with E-state index in [1.165, 1.54) is 0 Å². The first-order valence-electron chi connectivity index (χ1n) is 4.00. The van der Waals surface area contributed by atoms with E-state index in [0.29, 0.717) is 0 Å². The molecule has 0 unspecified atom stereocenters. The van der Waals surface area contributed by atoms with Crippen LogP contribution in [0, 0.1) is 0 Å². The third-order valence-corrected chi connectivity index (χ3v) is 2.21. The molecule has 1 saturated carbocycles. The highest BCUT2D eigenvalue weighted by Gasteiger charge is 2.43. The van der Waals surface area contributed by atoms with Crippen LogP contribution in [0.15, 0.2) is 6.20 Å². The molecule has 1 aliphatic carbocycles. The van der Waals surface area contributed by atoms with Crippen LogP contribution < -0.4 is 5.73 Å². The lowest BCUT2D eigenvalue weighted by atomic mass is 10.2. The molecule has 0 spiro atoms. The van der Waals surface area contributed by atoms with E-state index < -0.39 is 6.67 Å². The fourth-order valence-electron chi connectivity index (χ4n) is 1.28. The van der Waals surface area contributed by atoms with Crippen molar-refractivity contribution in [3.63, 3.8) is 0 Å². The van der Waals surface area contributed by atoms with Crippen LogP contribution in [-0.2, 0) is 12.1 Å². The topological polar surface area (TPSA) is 56.7 Å². The Balaban J connectivity index is 2.24. The monoisotopic (exact) mass is 170 g/mol. The van der Waals surface area contributed by atoms with E-state index in [9.17, 15) is 4.39 Å². The van der Waals surface area contributed by atoms with Gasteiger partial charge in [-0.3, -0.25) is 0 Å². The summed E-state index contributed by atoms with van der Waals surface area (Å²) in [5.41, 5.74) is 6.52. The molecule has 1 heterocycles. The maximum Gasteiger partial charge on any atom is 0.109 e. The standard InChI is InChI=1S/C7H11FN4/c8-3-4-12-6(5-10-11-12)7(9)1-2-7/h5H,1-4,9H2. The molecular weight excluding hydrogens is 159 g/mol. The Kier molecular flexibility index (Phi) is 1.61. The van der Waals surface area contributed by atoms with Gasteiger partial charge in [-0.15, -0.1) is 5.10 Å². The SMILES string of the molecule is NC1(c2cnnn2CCF)CC1. The third-order valence-electron chi connectivity index (χ3n) is 2.21. The van der Waals surface area contributed by atoms with Crippen LogP contribution in [0.4, 0.5) is 4.39 Å². The van der Waals surface area contributed by atoms with Gasteiger partial charge in [0.05, 0.1) is 24.0 Å². The highest BCUT2D eigenvalue weighted by molar-refractivity contribution is 5.18. The molecule has 5 heteroatoms. The van der Waals surface area contributed by atoms with Gasteiger partial charge in [0, 0.05) is 0 Å². The van der Waals surface area contributed by atoms with Crippen LogP contribution in [-0.4, -0.2) is 21.7 Å². The molecule has 0 aliphatic heterocycles. The normalized spacial score (nSPS) is 19.5. The molecule has 12 heavy (non-hydrogen) atoms. The van der Waals surface area contributed by atoms with Gasteiger partial charge in [-0.1, -0.05) is 5.21 Å². The van der Waals surface area contributed by atoms with Crippen molar-refractivity contribution in [3.8, 4) is 0 Å². The van der Waals surface area contributed by atoms with E-state index in [1.54, 1.807) is 10.9 Å². The van der Waals surface area contributed by atoms with E-state index in [0.717, 1.165) is 18.5 Å². The Labute approximate surface area is 69.6 Å². The molecule has 0 radical (unpaired) electrons. The zero-order chi connectivity index (χ0) is 8.60. The lowest BCUT2D eigenvalue weighted by molar-refractivity contribution is 0.407. The second-order valence-corrected chi connectivity index (χ2v) is 3.19. The van der Waals surface area contributed by atoms with E-state index in [4.69, 9.17) is 5.73 Å². The van der Waals surface area contributed by atoms with Gasteiger partial charge >= 0.3 is 0 Å². The summed E-state index contributed by atoms with van der Waals surface area (Å²) in [5.74, 6) is 0. The second-order valence-electron chi connectivity index (χ2n) is 3.19. The molecule has 1 fully saturated rings. The van der Waals surface area contributed by atoms with Gasteiger partial charge in [0.2, 0.25) is 0 Å². The summed E-state index contributed by atoms with van der Waals surface area (Å²) in [6.07, 6.45) is 3.53. The van der Waals surface area contributed by atoms with Gasteiger partial charge < -0.3 is 5.73 Å². The second kappa shape index (κ2) is 2.52. The van der Waals surface area contributed by atoms with Crippen molar-refractivity contribution >= 4 is 0 Å². The van der Waals surface area contributed by atoms with Crippen molar-refractivity contribution < 1.29 is 4.39 Å². The van der Waals surface area contributed by atoms with E-state index in [-0.39, 0.29) is 12.1 Å². The van der Waals surface area contributed by atoms with Gasteiger partial charge in [0.1, 0.15) is 6.67 Å². The Hall–Kier alpha value is -0.970. The van der Waals surface area contributed by atoms with Crippen LogP contribution in [0.2, 0.25) is 0 Å². The predicted molar refractivity (Wildman–Crippen MR) is 41.1 cm³/mol. The number of hydrogen-bond acceptors (Lipinski definition) is 3. The molecule has 0 aromatic carbocycles. The molecule has 0 saturated heterocycles. The van der Waals surface area contributed by atoms with Crippen LogP contribution in [0.3, 0.4) is 0 Å². The maximum atomic E-state index is 12.0. The first kappa shape index (κ1) is 7.67. The Morgan fingerprint density at radius 2 is 2.42 bits per heavy atom. The number of nitrogens with zero attached hydrogens (tertiary/aromatic N) is 3. The van der Waals surface area contributed by atoms with E-state index in [2.05, 4.69) is 10.3 Å². The van der Waals surface area contributed by atoms with Crippen molar-refractivity contribution in [1.29, 1.82) is 0 Å². The van der Waals surface area contributed by atoms with Crippen LogP contribution in [0.25, 0.3) is 0 Å². The summed E-state index contributed by atoms with van der Waals surface area (Å²) in [7, 11) is 0. The predicted octanol–water partition coefficient (Wildman–Crippen LogP) is 0.195. The Morgan fingerprint density at radius 3 is 3.00 bits per heavy atom. The molecule has 1 aliphatic rings. The average Bonchev–Trinajstić information content (AvgIpc) is 2.64. The minimum atomic E-state index is -0.424. The highest BCUT2D eigenvalue weighted by atomic mass is 19.1. The summed E-state index contributed by atoms with van der Waals surface area (Å²) in [6.45, 7) is -0.166. The third kappa shape index (κ3) is 1.10. The van der Waals surface area contributed by atoms with Crippen molar-refractivity contribution in [2.75, 3.05) is 6.67 Å². The minimum Gasteiger partial charge on any atom is -0.320 e. The lowest BCUT2D eigenvalue weighted by Crippen LogP contribution is -2.23. The summed E-state index contributed by atoms with van der Waals surface area (Å²) in [6, 6.07) is 0. The van der Waals surface area contributed by atoms with Gasteiger partial charge in [0.25, 0.3) is 0 Å². The highest BCUT2D eigenvalue weighted by Crippen LogP contribution is 2.41. The number of aromatic nitrogens is 3. The van der Waals surface area contributed by atoms with Crippen LogP contribution in [0.5, 0.6) is 0 Å². The van der Waals surface area contributed by atoms with Crippen molar-refractivity contribution in [2.24, 2.45) is 5.73 Å². The number of halogens is 1. The summed E-state index contributed by atoms with van der Waals surface area (Å²) < 4.78 is 13.6. The molecule has 0 amide bonds. The zero-order valence-electron chi connectivity index (χ0n) is 6.70. The maximum absolute atomic E-state index is 12.0. The average molecular weight is 170 g/mol. The molecule has 1 aromatic heterocycles. The first-order valence-corrected chi connectivity index (χ1v) is 4.00. The van der Waals surface area contributed by atoms with Crippen LogP contribution in [0.1, 0.15) is 18.5 Å².